The zero-order valence-electron chi connectivity index (χ0n) is 19.1. The van der Waals surface area contributed by atoms with Crippen LogP contribution >= 0.6 is 39.0 Å². The van der Waals surface area contributed by atoms with Gasteiger partial charge in [-0.1, -0.05) is 85.7 Å². The lowest BCUT2D eigenvalue weighted by molar-refractivity contribution is -0.113. The molecule has 0 atom stereocenters. The quantitative estimate of drug-likeness (QED) is 0.190. The number of rotatable bonds is 7. The van der Waals surface area contributed by atoms with Gasteiger partial charge in [0, 0.05) is 21.1 Å². The van der Waals surface area contributed by atoms with Crippen molar-refractivity contribution in [1.29, 1.82) is 0 Å². The van der Waals surface area contributed by atoms with Crippen molar-refractivity contribution >= 4 is 60.8 Å². The summed E-state index contributed by atoms with van der Waals surface area (Å²) < 4.78 is 1.04. The third-order valence-corrected chi connectivity index (χ3v) is 7.87. The summed E-state index contributed by atoms with van der Waals surface area (Å²) in [6, 6.07) is 14.5. The van der Waals surface area contributed by atoms with Crippen LogP contribution in [0.5, 0.6) is 0 Å². The first-order valence-corrected chi connectivity index (χ1v) is 13.5. The van der Waals surface area contributed by atoms with Crippen LogP contribution in [-0.2, 0) is 4.79 Å². The van der Waals surface area contributed by atoms with Gasteiger partial charge in [-0.3, -0.25) is 4.79 Å². The molecule has 2 heterocycles. The SMILES string of the molecule is CC(C)c1cccc(C(C)C)c1NC(=O)CSc1ncnc2scc(-c3ccc(Br)cc3)c12. The van der Waals surface area contributed by atoms with E-state index in [9.17, 15) is 4.79 Å². The van der Waals surface area contributed by atoms with Crippen molar-refractivity contribution in [2.75, 3.05) is 11.1 Å². The molecule has 33 heavy (non-hydrogen) atoms. The normalized spacial score (nSPS) is 11.5. The van der Waals surface area contributed by atoms with Crippen LogP contribution in [-0.4, -0.2) is 21.6 Å². The highest BCUT2D eigenvalue weighted by molar-refractivity contribution is 9.10. The van der Waals surface area contributed by atoms with Gasteiger partial charge in [0.2, 0.25) is 5.91 Å². The summed E-state index contributed by atoms with van der Waals surface area (Å²) >= 11 is 6.55. The number of thiophene rings is 1. The average Bonchev–Trinajstić information content (AvgIpc) is 3.23. The maximum atomic E-state index is 13.0. The van der Waals surface area contributed by atoms with Crippen LogP contribution in [0.2, 0.25) is 0 Å². The van der Waals surface area contributed by atoms with Crippen LogP contribution in [0.3, 0.4) is 0 Å². The van der Waals surface area contributed by atoms with Crippen molar-refractivity contribution in [2.45, 2.75) is 44.6 Å². The molecule has 0 fully saturated rings. The fourth-order valence-corrected chi connectivity index (χ4v) is 5.86. The molecular weight excluding hydrogens is 514 g/mol. The third kappa shape index (κ3) is 5.31. The lowest BCUT2D eigenvalue weighted by Crippen LogP contribution is -2.17. The number of para-hydroxylation sites is 1. The number of amides is 1. The standard InChI is InChI=1S/C26H26BrN3OS2/c1-15(2)19-6-5-7-20(16(3)4)24(19)30-22(31)13-33-26-23-21(12-32-25(23)28-14-29-26)17-8-10-18(27)11-9-17/h5-12,14-16H,13H2,1-4H3,(H,30,31). The number of carbonyl (C=O) groups is 1. The fraction of sp³-hybridized carbons (Fsp3) is 0.269. The number of benzene rings is 2. The molecule has 4 aromatic rings. The Bertz CT molecular complexity index is 1260. The van der Waals surface area contributed by atoms with Crippen LogP contribution in [0.25, 0.3) is 21.3 Å². The van der Waals surface area contributed by atoms with Gasteiger partial charge in [-0.25, -0.2) is 9.97 Å². The van der Waals surface area contributed by atoms with Gasteiger partial charge in [0.05, 0.1) is 11.1 Å². The molecule has 0 aliphatic rings. The molecule has 0 spiro atoms. The number of halogens is 1. The second-order valence-electron chi connectivity index (χ2n) is 8.47. The van der Waals surface area contributed by atoms with E-state index in [1.807, 2.05) is 12.1 Å². The molecule has 0 saturated carbocycles. The van der Waals surface area contributed by atoms with Crippen LogP contribution in [0, 0.1) is 0 Å². The first-order valence-electron chi connectivity index (χ1n) is 10.9. The number of aromatic nitrogens is 2. The van der Waals surface area contributed by atoms with E-state index in [1.165, 1.54) is 22.9 Å². The predicted octanol–water partition coefficient (Wildman–Crippen LogP) is 8.10. The zero-order valence-corrected chi connectivity index (χ0v) is 22.3. The Balaban J connectivity index is 1.58. The number of fused-ring (bicyclic) bond motifs is 1. The highest BCUT2D eigenvalue weighted by atomic mass is 79.9. The van der Waals surface area contributed by atoms with Gasteiger partial charge >= 0.3 is 0 Å². The van der Waals surface area contributed by atoms with Gasteiger partial charge in [0.25, 0.3) is 0 Å². The van der Waals surface area contributed by atoms with Crippen molar-refractivity contribution in [3.8, 4) is 11.1 Å². The zero-order chi connectivity index (χ0) is 23.5. The topological polar surface area (TPSA) is 54.9 Å². The molecule has 0 unspecified atom stereocenters. The van der Waals surface area contributed by atoms with Gasteiger partial charge in [0.1, 0.15) is 16.2 Å². The smallest absolute Gasteiger partial charge is 0.234 e. The van der Waals surface area contributed by atoms with Crippen LogP contribution in [0.15, 0.2) is 63.7 Å². The minimum atomic E-state index is -0.0258. The summed E-state index contributed by atoms with van der Waals surface area (Å²) in [5.41, 5.74) is 5.49. The lowest BCUT2D eigenvalue weighted by atomic mass is 9.92. The van der Waals surface area contributed by atoms with E-state index >= 15 is 0 Å². The number of nitrogens with one attached hydrogen (secondary N) is 1. The van der Waals surface area contributed by atoms with E-state index in [1.54, 1.807) is 17.7 Å². The van der Waals surface area contributed by atoms with Crippen molar-refractivity contribution in [3.05, 3.63) is 69.8 Å². The molecule has 0 aliphatic carbocycles. The predicted molar refractivity (Wildman–Crippen MR) is 145 cm³/mol. The molecule has 1 N–H and O–H groups in total. The van der Waals surface area contributed by atoms with E-state index < -0.39 is 0 Å². The summed E-state index contributed by atoms with van der Waals surface area (Å²) in [7, 11) is 0. The second-order valence-corrected chi connectivity index (χ2v) is 11.2. The first kappa shape index (κ1) is 23.9. The minimum absolute atomic E-state index is 0.0258. The van der Waals surface area contributed by atoms with Crippen LogP contribution < -0.4 is 5.32 Å². The first-order chi connectivity index (χ1) is 15.8. The Labute approximate surface area is 211 Å². The molecule has 4 nitrogen and oxygen atoms in total. The van der Waals surface area contributed by atoms with Gasteiger partial charge in [-0.2, -0.15) is 0 Å². The van der Waals surface area contributed by atoms with Gasteiger partial charge in [0.15, 0.2) is 0 Å². The summed E-state index contributed by atoms with van der Waals surface area (Å²) in [5, 5.41) is 7.15. The summed E-state index contributed by atoms with van der Waals surface area (Å²) in [4.78, 5) is 22.9. The van der Waals surface area contributed by atoms with Crippen molar-refractivity contribution in [2.24, 2.45) is 0 Å². The molecule has 2 aromatic heterocycles. The van der Waals surface area contributed by atoms with Crippen molar-refractivity contribution in [3.63, 3.8) is 0 Å². The molecule has 4 rings (SSSR count). The number of carbonyl (C=O) groups excluding carboxylic acids is 1. The molecule has 0 radical (unpaired) electrons. The maximum Gasteiger partial charge on any atom is 0.234 e. The van der Waals surface area contributed by atoms with Gasteiger partial charge in [-0.05, 0) is 40.7 Å². The Hall–Kier alpha value is -2.22. The maximum absolute atomic E-state index is 13.0. The molecule has 0 aliphatic heterocycles. The average molecular weight is 541 g/mol. The highest BCUT2D eigenvalue weighted by Gasteiger charge is 2.18. The van der Waals surface area contributed by atoms with Crippen molar-refractivity contribution in [1.82, 2.24) is 9.97 Å². The number of thioether (sulfide) groups is 1. The molecular formula is C26H26BrN3OS2. The minimum Gasteiger partial charge on any atom is -0.325 e. The fourth-order valence-electron chi connectivity index (χ4n) is 3.80. The molecule has 7 heteroatoms. The Kier molecular flexibility index (Phi) is 7.51. The monoisotopic (exact) mass is 539 g/mol. The summed E-state index contributed by atoms with van der Waals surface area (Å²) in [6.45, 7) is 8.62. The molecule has 1 amide bonds. The summed E-state index contributed by atoms with van der Waals surface area (Å²) in [5.74, 6) is 0.910. The number of hydrogen-bond acceptors (Lipinski definition) is 5. The summed E-state index contributed by atoms with van der Waals surface area (Å²) in [6.07, 6.45) is 1.58. The van der Waals surface area contributed by atoms with Crippen LogP contribution in [0.1, 0.15) is 50.7 Å². The highest BCUT2D eigenvalue weighted by Crippen LogP contribution is 2.38. The molecule has 2 aromatic carbocycles. The van der Waals surface area contributed by atoms with Gasteiger partial charge in [-0.15, -0.1) is 11.3 Å². The molecule has 0 bridgehead atoms. The molecule has 170 valence electrons. The van der Waals surface area contributed by atoms with E-state index in [0.29, 0.717) is 11.8 Å². The third-order valence-electron chi connectivity index (χ3n) is 5.47. The Morgan fingerprint density at radius 2 is 1.70 bits per heavy atom. The van der Waals surface area contributed by atoms with E-state index in [4.69, 9.17) is 0 Å². The second kappa shape index (κ2) is 10.4. The van der Waals surface area contributed by atoms with Gasteiger partial charge < -0.3 is 5.32 Å². The van der Waals surface area contributed by atoms with E-state index in [0.717, 1.165) is 36.5 Å². The van der Waals surface area contributed by atoms with E-state index in [-0.39, 0.29) is 11.7 Å². The van der Waals surface area contributed by atoms with Crippen molar-refractivity contribution < 1.29 is 4.79 Å². The van der Waals surface area contributed by atoms with Crippen LogP contribution in [0.4, 0.5) is 5.69 Å². The van der Waals surface area contributed by atoms with E-state index in [2.05, 4.69) is 94.6 Å². The Morgan fingerprint density at radius 1 is 1.03 bits per heavy atom. The lowest BCUT2D eigenvalue weighted by Gasteiger charge is -2.20. The number of anilines is 1. The largest absolute Gasteiger partial charge is 0.325 e. The number of nitrogens with zero attached hydrogens (tertiary/aromatic N) is 2. The number of hydrogen-bond donors (Lipinski definition) is 1. The molecule has 0 saturated heterocycles. The Morgan fingerprint density at radius 3 is 2.33 bits per heavy atom.